The number of nitrogens with two attached hydrogens (primary N) is 1. The van der Waals surface area contributed by atoms with Gasteiger partial charge in [-0.25, -0.2) is 15.5 Å². The molecule has 6 nitrogen and oxygen atoms in total. The van der Waals surface area contributed by atoms with Crippen LogP contribution in [-0.4, -0.2) is 19.7 Å². The Balaban J connectivity index is 2.25. The molecule has 3 N–H and O–H groups in total. The number of aryl methyl sites for hydroxylation is 1. The van der Waals surface area contributed by atoms with Gasteiger partial charge in [0, 0.05) is 17.1 Å². The minimum atomic E-state index is 0.371. The van der Waals surface area contributed by atoms with Crippen LogP contribution in [0.25, 0.3) is 16.7 Å². The highest BCUT2D eigenvalue weighted by Crippen LogP contribution is 2.19. The molecule has 2 heterocycles. The standard InChI is InChI=1S/C12H12N6/c1-8-6-14-12(17-13)16-11(8)18-10-5-3-2-4-9(10)7-15-18/h2-7H,13H2,1H3,(H,14,16,17). The average molecular weight is 240 g/mol. The Kier molecular flexibility index (Phi) is 2.42. The van der Waals surface area contributed by atoms with E-state index in [4.69, 9.17) is 5.84 Å². The van der Waals surface area contributed by atoms with E-state index in [-0.39, 0.29) is 0 Å². The molecule has 3 rings (SSSR count). The van der Waals surface area contributed by atoms with Crippen LogP contribution in [0.2, 0.25) is 0 Å². The van der Waals surface area contributed by atoms with Crippen molar-refractivity contribution in [2.75, 3.05) is 5.43 Å². The Bertz CT molecular complexity index is 703. The average Bonchev–Trinajstić information content (AvgIpc) is 2.83. The number of hydrogen-bond donors (Lipinski definition) is 2. The van der Waals surface area contributed by atoms with Gasteiger partial charge in [-0.2, -0.15) is 10.1 Å². The summed E-state index contributed by atoms with van der Waals surface area (Å²) in [7, 11) is 0. The number of para-hydroxylation sites is 1. The summed E-state index contributed by atoms with van der Waals surface area (Å²) in [6, 6.07) is 7.96. The maximum Gasteiger partial charge on any atom is 0.239 e. The Morgan fingerprint density at radius 3 is 2.89 bits per heavy atom. The maximum absolute atomic E-state index is 5.33. The Morgan fingerprint density at radius 2 is 2.06 bits per heavy atom. The second-order valence-electron chi connectivity index (χ2n) is 3.96. The number of nitrogens with zero attached hydrogens (tertiary/aromatic N) is 4. The highest BCUT2D eigenvalue weighted by atomic mass is 15.4. The quantitative estimate of drug-likeness (QED) is 0.523. The van der Waals surface area contributed by atoms with Crippen molar-refractivity contribution in [3.8, 4) is 5.82 Å². The molecule has 3 aromatic rings. The highest BCUT2D eigenvalue weighted by Gasteiger charge is 2.09. The van der Waals surface area contributed by atoms with Gasteiger partial charge in [-0.05, 0) is 13.0 Å². The molecule has 0 aliphatic carbocycles. The third kappa shape index (κ3) is 1.59. The molecule has 0 aliphatic rings. The first-order chi connectivity index (χ1) is 8.79. The molecule has 0 atom stereocenters. The molecule has 1 aromatic carbocycles. The van der Waals surface area contributed by atoms with Crippen molar-refractivity contribution in [3.63, 3.8) is 0 Å². The Hall–Kier alpha value is -2.47. The summed E-state index contributed by atoms with van der Waals surface area (Å²) in [5, 5.41) is 5.43. The molecule has 0 saturated carbocycles. The number of nitrogens with one attached hydrogen (secondary N) is 1. The molecule has 6 heteroatoms. The van der Waals surface area contributed by atoms with E-state index in [1.165, 1.54) is 0 Å². The summed E-state index contributed by atoms with van der Waals surface area (Å²) in [5.74, 6) is 6.42. The first-order valence-corrected chi connectivity index (χ1v) is 5.53. The summed E-state index contributed by atoms with van der Waals surface area (Å²) < 4.78 is 1.78. The smallest absolute Gasteiger partial charge is 0.239 e. The van der Waals surface area contributed by atoms with E-state index in [2.05, 4.69) is 20.5 Å². The van der Waals surface area contributed by atoms with Crippen molar-refractivity contribution in [1.82, 2.24) is 19.7 Å². The van der Waals surface area contributed by atoms with E-state index in [1.54, 1.807) is 10.9 Å². The first-order valence-electron chi connectivity index (χ1n) is 5.53. The number of hydrogen-bond acceptors (Lipinski definition) is 5. The lowest BCUT2D eigenvalue weighted by Crippen LogP contribution is -2.13. The van der Waals surface area contributed by atoms with Crippen LogP contribution in [0.15, 0.2) is 36.7 Å². The van der Waals surface area contributed by atoms with Crippen LogP contribution >= 0.6 is 0 Å². The lowest BCUT2D eigenvalue weighted by atomic mass is 10.2. The van der Waals surface area contributed by atoms with Crippen LogP contribution in [0.3, 0.4) is 0 Å². The molecular formula is C12H12N6. The minimum Gasteiger partial charge on any atom is -0.292 e. The Morgan fingerprint density at radius 1 is 1.22 bits per heavy atom. The van der Waals surface area contributed by atoms with Gasteiger partial charge in [0.25, 0.3) is 0 Å². The molecule has 0 bridgehead atoms. The molecule has 0 unspecified atom stereocenters. The number of anilines is 1. The lowest BCUT2D eigenvalue weighted by molar-refractivity contribution is 0.854. The zero-order valence-corrected chi connectivity index (χ0v) is 9.83. The van der Waals surface area contributed by atoms with Gasteiger partial charge < -0.3 is 0 Å². The van der Waals surface area contributed by atoms with Crippen LogP contribution < -0.4 is 11.3 Å². The fourth-order valence-electron chi connectivity index (χ4n) is 1.86. The van der Waals surface area contributed by atoms with E-state index in [0.717, 1.165) is 22.3 Å². The molecule has 0 aliphatic heterocycles. The van der Waals surface area contributed by atoms with Crippen LogP contribution in [0.5, 0.6) is 0 Å². The zero-order chi connectivity index (χ0) is 12.5. The summed E-state index contributed by atoms with van der Waals surface area (Å²) in [5.41, 5.74) is 4.38. The third-order valence-corrected chi connectivity index (χ3v) is 2.75. The normalized spacial score (nSPS) is 10.8. The third-order valence-electron chi connectivity index (χ3n) is 2.75. The van der Waals surface area contributed by atoms with Gasteiger partial charge in [0.2, 0.25) is 5.95 Å². The van der Waals surface area contributed by atoms with Gasteiger partial charge in [-0.1, -0.05) is 18.2 Å². The predicted molar refractivity (Wildman–Crippen MR) is 69.2 cm³/mol. The maximum atomic E-state index is 5.33. The summed E-state index contributed by atoms with van der Waals surface area (Å²) >= 11 is 0. The number of aromatic nitrogens is 4. The molecule has 18 heavy (non-hydrogen) atoms. The van der Waals surface area contributed by atoms with Crippen molar-refractivity contribution in [3.05, 3.63) is 42.2 Å². The van der Waals surface area contributed by atoms with Gasteiger partial charge in [-0.15, -0.1) is 0 Å². The molecule has 0 saturated heterocycles. The second kappa shape index (κ2) is 4.08. The summed E-state index contributed by atoms with van der Waals surface area (Å²) in [4.78, 5) is 8.40. The van der Waals surface area contributed by atoms with Gasteiger partial charge in [0.05, 0.1) is 11.7 Å². The van der Waals surface area contributed by atoms with Gasteiger partial charge in [-0.3, -0.25) is 5.43 Å². The SMILES string of the molecule is Cc1cnc(NN)nc1-n1ncc2ccccc21. The number of hydrazine groups is 1. The predicted octanol–water partition coefficient (Wildman–Crippen LogP) is 1.41. The van der Waals surface area contributed by atoms with Gasteiger partial charge >= 0.3 is 0 Å². The Labute approximate surface area is 103 Å². The number of fused-ring (bicyclic) bond motifs is 1. The molecule has 0 amide bonds. The molecule has 2 aromatic heterocycles. The van der Waals surface area contributed by atoms with Crippen LogP contribution in [0, 0.1) is 6.92 Å². The fourth-order valence-corrected chi connectivity index (χ4v) is 1.86. The highest BCUT2D eigenvalue weighted by molar-refractivity contribution is 5.80. The fraction of sp³-hybridized carbons (Fsp3) is 0.0833. The zero-order valence-electron chi connectivity index (χ0n) is 9.83. The van der Waals surface area contributed by atoms with Crippen molar-refractivity contribution in [2.45, 2.75) is 6.92 Å². The lowest BCUT2D eigenvalue weighted by Gasteiger charge is -2.07. The van der Waals surface area contributed by atoms with E-state index >= 15 is 0 Å². The molecular weight excluding hydrogens is 228 g/mol. The van der Waals surface area contributed by atoms with E-state index in [1.807, 2.05) is 37.4 Å². The van der Waals surface area contributed by atoms with Gasteiger partial charge in [0.1, 0.15) is 0 Å². The van der Waals surface area contributed by atoms with Crippen LogP contribution in [0.1, 0.15) is 5.56 Å². The van der Waals surface area contributed by atoms with Crippen molar-refractivity contribution < 1.29 is 0 Å². The van der Waals surface area contributed by atoms with Crippen molar-refractivity contribution in [2.24, 2.45) is 5.84 Å². The van der Waals surface area contributed by atoms with Gasteiger partial charge in [0.15, 0.2) is 5.82 Å². The molecule has 0 spiro atoms. The van der Waals surface area contributed by atoms with Crippen LogP contribution in [0.4, 0.5) is 5.95 Å². The van der Waals surface area contributed by atoms with Crippen molar-refractivity contribution in [1.29, 1.82) is 0 Å². The second-order valence-corrected chi connectivity index (χ2v) is 3.96. The van der Waals surface area contributed by atoms with E-state index < -0.39 is 0 Å². The molecule has 0 fully saturated rings. The minimum absolute atomic E-state index is 0.371. The number of benzene rings is 1. The summed E-state index contributed by atoms with van der Waals surface area (Å²) in [6.45, 7) is 1.94. The summed E-state index contributed by atoms with van der Waals surface area (Å²) in [6.07, 6.45) is 3.53. The monoisotopic (exact) mass is 240 g/mol. The van der Waals surface area contributed by atoms with E-state index in [9.17, 15) is 0 Å². The number of nitrogen functional groups attached to an aromatic ring is 1. The molecule has 90 valence electrons. The van der Waals surface area contributed by atoms with Crippen LogP contribution in [-0.2, 0) is 0 Å². The first kappa shape index (κ1) is 10.7. The van der Waals surface area contributed by atoms with E-state index in [0.29, 0.717) is 5.95 Å². The van der Waals surface area contributed by atoms with Crippen molar-refractivity contribution >= 4 is 16.9 Å². The number of rotatable bonds is 2. The largest absolute Gasteiger partial charge is 0.292 e. The molecule has 0 radical (unpaired) electrons. The topological polar surface area (TPSA) is 81.6 Å².